The van der Waals surface area contributed by atoms with Crippen molar-refractivity contribution in [2.45, 2.75) is 71.4 Å². The van der Waals surface area contributed by atoms with Gasteiger partial charge in [0, 0.05) is 17.8 Å². The highest BCUT2D eigenvalue weighted by molar-refractivity contribution is 7.91. The van der Waals surface area contributed by atoms with Crippen molar-refractivity contribution in [2.75, 3.05) is 24.7 Å². The lowest BCUT2D eigenvalue weighted by molar-refractivity contribution is -0.140. The van der Waals surface area contributed by atoms with E-state index in [0.29, 0.717) is 17.7 Å². The normalized spacial score (nSPS) is 20.7. The minimum atomic E-state index is -3.16. The van der Waals surface area contributed by atoms with E-state index < -0.39 is 28.4 Å². The van der Waals surface area contributed by atoms with E-state index in [1.165, 1.54) is 0 Å². The van der Waals surface area contributed by atoms with Crippen molar-refractivity contribution in [1.29, 1.82) is 0 Å². The van der Waals surface area contributed by atoms with Crippen LogP contribution in [-0.2, 0) is 24.1 Å². The Kier molecular flexibility index (Phi) is 7.63. The lowest BCUT2D eigenvalue weighted by Gasteiger charge is -2.38. The molecule has 1 aliphatic heterocycles. The number of hydrogen-bond acceptors (Lipinski definition) is 7. The van der Waals surface area contributed by atoms with E-state index in [1.807, 2.05) is 0 Å². The van der Waals surface area contributed by atoms with Crippen molar-refractivity contribution < 1.29 is 32.3 Å². The second kappa shape index (κ2) is 10.1. The first-order valence-corrected chi connectivity index (χ1v) is 13.0. The lowest BCUT2D eigenvalue weighted by atomic mass is 9.93. The van der Waals surface area contributed by atoms with Crippen molar-refractivity contribution in [3.63, 3.8) is 0 Å². The number of esters is 2. The highest BCUT2D eigenvalue weighted by atomic mass is 32.2. The number of nitrogens with one attached hydrogen (secondary N) is 1. The van der Waals surface area contributed by atoms with E-state index in [9.17, 15) is 22.8 Å². The van der Waals surface area contributed by atoms with Crippen molar-refractivity contribution in [3.8, 4) is 0 Å². The van der Waals surface area contributed by atoms with E-state index in [4.69, 9.17) is 9.47 Å². The quantitative estimate of drug-likeness (QED) is 0.609. The van der Waals surface area contributed by atoms with Gasteiger partial charge in [-0.1, -0.05) is 19.3 Å². The van der Waals surface area contributed by atoms with Gasteiger partial charge in [-0.25, -0.2) is 18.0 Å². The summed E-state index contributed by atoms with van der Waals surface area (Å²) < 4.78 is 34.4. The fraction of sp³-hybridized carbons (Fsp3) is 0.682. The largest absolute Gasteiger partial charge is 0.461 e. The maximum Gasteiger partial charge on any atom is 0.355 e. The average molecular weight is 469 g/mol. The number of aromatic amines is 1. The van der Waals surface area contributed by atoms with E-state index >= 15 is 0 Å². The van der Waals surface area contributed by atoms with Gasteiger partial charge in [-0.3, -0.25) is 4.79 Å². The fourth-order valence-electron chi connectivity index (χ4n) is 4.80. The topological polar surface area (TPSA) is 123 Å². The zero-order chi connectivity index (χ0) is 23.5. The molecule has 0 spiro atoms. The monoisotopic (exact) mass is 468 g/mol. The SMILES string of the molecule is CCOC(=O)c1[nH]c(C)c(C(=O)OCC(=O)N(C2CCCCC2)C2CCS(=O)(=O)C2)c1C. The number of aryl methyl sites for hydroxylation is 1. The van der Waals surface area contributed by atoms with Crippen LogP contribution in [-0.4, -0.2) is 73.0 Å². The Bertz CT molecular complexity index is 977. The summed E-state index contributed by atoms with van der Waals surface area (Å²) in [6.07, 6.45) is 5.16. The summed E-state index contributed by atoms with van der Waals surface area (Å²) in [4.78, 5) is 42.5. The van der Waals surface area contributed by atoms with Crippen LogP contribution in [0.2, 0.25) is 0 Å². The molecule has 1 aliphatic carbocycles. The summed E-state index contributed by atoms with van der Waals surface area (Å²) in [6.45, 7) is 4.69. The molecular formula is C22H32N2O7S. The molecule has 2 heterocycles. The predicted molar refractivity (Wildman–Crippen MR) is 117 cm³/mol. The summed E-state index contributed by atoms with van der Waals surface area (Å²) >= 11 is 0. The van der Waals surface area contributed by atoms with E-state index in [0.717, 1.165) is 32.1 Å². The van der Waals surface area contributed by atoms with Crippen LogP contribution in [0.1, 0.15) is 77.6 Å². The van der Waals surface area contributed by atoms with Crippen LogP contribution >= 0.6 is 0 Å². The molecule has 3 rings (SSSR count). The second-order valence-corrected chi connectivity index (χ2v) is 10.8. The zero-order valence-electron chi connectivity index (χ0n) is 18.9. The van der Waals surface area contributed by atoms with Crippen LogP contribution < -0.4 is 0 Å². The predicted octanol–water partition coefficient (Wildman–Crippen LogP) is 2.31. The molecule has 1 aromatic rings. The molecule has 1 saturated carbocycles. The molecule has 0 bridgehead atoms. The first-order chi connectivity index (χ1) is 15.1. The minimum Gasteiger partial charge on any atom is -0.461 e. The number of carbonyl (C=O) groups is 3. The molecule has 32 heavy (non-hydrogen) atoms. The maximum absolute atomic E-state index is 13.1. The molecule has 9 nitrogen and oxygen atoms in total. The van der Waals surface area contributed by atoms with Crippen LogP contribution in [0.25, 0.3) is 0 Å². The van der Waals surface area contributed by atoms with E-state index in [-0.39, 0.29) is 47.4 Å². The molecule has 2 aliphatic rings. The molecule has 1 atom stereocenters. The molecule has 0 aromatic carbocycles. The van der Waals surface area contributed by atoms with Crippen molar-refractivity contribution >= 4 is 27.7 Å². The number of carbonyl (C=O) groups excluding carboxylic acids is 3. The van der Waals surface area contributed by atoms with Crippen molar-refractivity contribution in [3.05, 3.63) is 22.5 Å². The third kappa shape index (κ3) is 5.33. The van der Waals surface area contributed by atoms with Crippen LogP contribution in [0.4, 0.5) is 0 Å². The summed E-state index contributed by atoms with van der Waals surface area (Å²) in [7, 11) is -3.16. The molecule has 1 aromatic heterocycles. The number of amides is 1. The Balaban J connectivity index is 1.72. The Morgan fingerprint density at radius 2 is 1.69 bits per heavy atom. The van der Waals surface area contributed by atoms with Gasteiger partial charge in [0.15, 0.2) is 16.4 Å². The Morgan fingerprint density at radius 3 is 2.28 bits per heavy atom. The van der Waals surface area contributed by atoms with Gasteiger partial charge in [0.2, 0.25) is 0 Å². The molecule has 2 fully saturated rings. The Hall–Kier alpha value is -2.36. The van der Waals surface area contributed by atoms with Gasteiger partial charge in [0.1, 0.15) is 5.69 Å². The summed E-state index contributed by atoms with van der Waals surface area (Å²) in [6, 6.07) is -0.403. The van der Waals surface area contributed by atoms with Crippen molar-refractivity contribution in [1.82, 2.24) is 9.88 Å². The van der Waals surface area contributed by atoms with Gasteiger partial charge >= 0.3 is 11.9 Å². The van der Waals surface area contributed by atoms with Gasteiger partial charge in [-0.2, -0.15) is 0 Å². The van der Waals surface area contributed by atoms with E-state index in [2.05, 4.69) is 4.98 Å². The van der Waals surface area contributed by atoms with Crippen LogP contribution in [0, 0.1) is 13.8 Å². The molecule has 1 amide bonds. The number of H-pyrrole nitrogens is 1. The Morgan fingerprint density at radius 1 is 1.00 bits per heavy atom. The number of sulfone groups is 1. The molecular weight excluding hydrogens is 436 g/mol. The molecule has 1 unspecified atom stereocenters. The number of ether oxygens (including phenoxy) is 2. The number of aromatic nitrogens is 1. The van der Waals surface area contributed by atoms with Gasteiger partial charge in [-0.15, -0.1) is 0 Å². The molecule has 1 N–H and O–H groups in total. The van der Waals surface area contributed by atoms with Gasteiger partial charge < -0.3 is 19.4 Å². The van der Waals surface area contributed by atoms with Crippen LogP contribution in [0.5, 0.6) is 0 Å². The fourth-order valence-corrected chi connectivity index (χ4v) is 6.51. The highest BCUT2D eigenvalue weighted by Gasteiger charge is 2.39. The smallest absolute Gasteiger partial charge is 0.355 e. The molecule has 0 radical (unpaired) electrons. The molecule has 178 valence electrons. The average Bonchev–Trinajstić information content (AvgIpc) is 3.25. The Labute approximate surface area is 188 Å². The summed E-state index contributed by atoms with van der Waals surface area (Å²) in [5.74, 6) is -1.60. The first-order valence-electron chi connectivity index (χ1n) is 11.2. The van der Waals surface area contributed by atoms with Crippen LogP contribution in [0.15, 0.2) is 0 Å². The summed E-state index contributed by atoms with van der Waals surface area (Å²) in [5.41, 5.74) is 1.24. The number of rotatable bonds is 7. The molecule has 1 saturated heterocycles. The zero-order valence-corrected chi connectivity index (χ0v) is 19.8. The van der Waals surface area contributed by atoms with Gasteiger partial charge in [0.25, 0.3) is 5.91 Å². The third-order valence-electron chi connectivity index (χ3n) is 6.31. The number of hydrogen-bond donors (Lipinski definition) is 1. The van der Waals surface area contributed by atoms with Gasteiger partial charge in [0.05, 0.1) is 23.7 Å². The third-order valence-corrected chi connectivity index (χ3v) is 8.06. The lowest BCUT2D eigenvalue weighted by Crippen LogP contribution is -2.50. The second-order valence-electron chi connectivity index (χ2n) is 8.57. The first kappa shape index (κ1) is 24.3. The maximum atomic E-state index is 13.1. The molecule has 10 heteroatoms. The van der Waals surface area contributed by atoms with Gasteiger partial charge in [-0.05, 0) is 45.6 Å². The van der Waals surface area contributed by atoms with Crippen LogP contribution in [0.3, 0.4) is 0 Å². The standard InChI is InChI=1S/C22H32N2O7S/c1-4-30-22(27)20-14(2)19(15(3)23-20)21(26)31-12-18(25)24(16-8-6-5-7-9-16)17-10-11-32(28,29)13-17/h16-17,23H,4-13H2,1-3H3. The highest BCUT2D eigenvalue weighted by Crippen LogP contribution is 2.28. The van der Waals surface area contributed by atoms with Crippen molar-refractivity contribution in [2.24, 2.45) is 0 Å². The van der Waals surface area contributed by atoms with E-state index in [1.54, 1.807) is 25.7 Å². The summed E-state index contributed by atoms with van der Waals surface area (Å²) in [5, 5.41) is 0. The minimum absolute atomic E-state index is 0.0283. The number of nitrogens with zero attached hydrogens (tertiary/aromatic N) is 1.